The van der Waals surface area contributed by atoms with Crippen LogP contribution in [0, 0.1) is 6.92 Å². The zero-order valence-corrected chi connectivity index (χ0v) is 15.5. The summed E-state index contributed by atoms with van der Waals surface area (Å²) in [5.41, 5.74) is 4.65. The predicted octanol–water partition coefficient (Wildman–Crippen LogP) is 4.07. The summed E-state index contributed by atoms with van der Waals surface area (Å²) in [5.74, 6) is -0.184. The molecule has 0 aliphatic heterocycles. The molecule has 4 heteroatoms. The van der Waals surface area contributed by atoms with E-state index in [9.17, 15) is 9.59 Å². The first-order chi connectivity index (χ1) is 12.5. The number of hydrogen-bond acceptors (Lipinski definition) is 2. The summed E-state index contributed by atoms with van der Waals surface area (Å²) in [5, 5.41) is 4.03. The van der Waals surface area contributed by atoms with E-state index in [0.717, 1.165) is 46.1 Å². The van der Waals surface area contributed by atoms with Crippen molar-refractivity contribution in [3.05, 3.63) is 75.6 Å². The Morgan fingerprint density at radius 2 is 1.65 bits per heavy atom. The molecule has 0 aliphatic rings. The number of pyridine rings is 1. The minimum Gasteiger partial charge on any atom is -0.324 e. The van der Waals surface area contributed by atoms with Gasteiger partial charge in [0.2, 0.25) is 5.91 Å². The van der Waals surface area contributed by atoms with Gasteiger partial charge in [0, 0.05) is 17.1 Å². The van der Waals surface area contributed by atoms with Crippen LogP contribution in [0.5, 0.6) is 0 Å². The number of fused-ring (bicyclic) bond motifs is 1. The molecule has 0 atom stereocenters. The lowest BCUT2D eigenvalue weighted by Gasteiger charge is -2.16. The van der Waals surface area contributed by atoms with Gasteiger partial charge in [-0.2, -0.15) is 0 Å². The average Bonchev–Trinajstić information content (AvgIpc) is 2.65. The van der Waals surface area contributed by atoms with Crippen molar-refractivity contribution in [2.45, 2.75) is 40.2 Å². The summed E-state index contributed by atoms with van der Waals surface area (Å²) in [4.78, 5) is 25.2. The maximum absolute atomic E-state index is 12.7. The highest BCUT2D eigenvalue weighted by Crippen LogP contribution is 2.23. The van der Waals surface area contributed by atoms with Gasteiger partial charge >= 0.3 is 0 Å². The summed E-state index contributed by atoms with van der Waals surface area (Å²) in [6, 6.07) is 15.4. The normalized spacial score (nSPS) is 10.9. The number of amides is 1. The van der Waals surface area contributed by atoms with Crippen LogP contribution in [0.1, 0.15) is 30.5 Å². The van der Waals surface area contributed by atoms with E-state index in [4.69, 9.17) is 0 Å². The second kappa shape index (κ2) is 7.56. The molecule has 0 bridgehead atoms. The third kappa shape index (κ3) is 3.40. The average molecular weight is 348 g/mol. The Labute approximate surface area is 153 Å². The van der Waals surface area contributed by atoms with E-state index in [1.165, 1.54) is 4.57 Å². The third-order valence-electron chi connectivity index (χ3n) is 4.79. The Bertz CT molecular complexity index is 996. The van der Waals surface area contributed by atoms with Crippen molar-refractivity contribution in [2.75, 3.05) is 5.32 Å². The molecule has 0 saturated carbocycles. The number of nitrogens with zero attached hydrogens (tertiary/aromatic N) is 1. The number of rotatable bonds is 5. The molecule has 3 aromatic rings. The summed E-state index contributed by atoms with van der Waals surface area (Å²) >= 11 is 0. The third-order valence-corrected chi connectivity index (χ3v) is 4.79. The first-order valence-corrected chi connectivity index (χ1v) is 9.05. The second-order valence-corrected chi connectivity index (χ2v) is 6.48. The summed E-state index contributed by atoms with van der Waals surface area (Å²) < 4.78 is 1.54. The van der Waals surface area contributed by atoms with Gasteiger partial charge in [-0.05, 0) is 42.5 Å². The molecule has 1 N–H and O–H groups in total. The lowest BCUT2D eigenvalue weighted by molar-refractivity contribution is -0.116. The number of para-hydroxylation sites is 2. The molecular weight excluding hydrogens is 324 g/mol. The van der Waals surface area contributed by atoms with Crippen LogP contribution in [0.4, 0.5) is 5.69 Å². The Morgan fingerprint density at radius 1 is 1.00 bits per heavy atom. The highest BCUT2D eigenvalue weighted by Gasteiger charge is 2.13. The lowest BCUT2D eigenvalue weighted by atomic mass is 10.0. The maximum Gasteiger partial charge on any atom is 0.251 e. The molecule has 1 aromatic heterocycles. The number of aromatic nitrogens is 1. The van der Waals surface area contributed by atoms with Crippen LogP contribution in [0.3, 0.4) is 0 Å². The molecule has 0 spiro atoms. The molecule has 0 saturated heterocycles. The maximum atomic E-state index is 12.7. The predicted molar refractivity (Wildman–Crippen MR) is 107 cm³/mol. The number of benzene rings is 2. The van der Waals surface area contributed by atoms with Crippen molar-refractivity contribution in [1.29, 1.82) is 0 Å². The second-order valence-electron chi connectivity index (χ2n) is 6.48. The minimum absolute atomic E-state index is 0.000823. The number of anilines is 1. The molecule has 0 radical (unpaired) electrons. The van der Waals surface area contributed by atoms with E-state index in [1.54, 1.807) is 6.07 Å². The zero-order chi connectivity index (χ0) is 18.7. The summed E-state index contributed by atoms with van der Waals surface area (Å²) in [7, 11) is 0. The number of hydrogen-bond donors (Lipinski definition) is 1. The fourth-order valence-corrected chi connectivity index (χ4v) is 3.39. The van der Waals surface area contributed by atoms with Gasteiger partial charge in [0.15, 0.2) is 0 Å². The molecule has 4 nitrogen and oxygen atoms in total. The Morgan fingerprint density at radius 3 is 2.31 bits per heavy atom. The fourth-order valence-electron chi connectivity index (χ4n) is 3.39. The molecule has 2 aromatic carbocycles. The van der Waals surface area contributed by atoms with Gasteiger partial charge in [-0.25, -0.2) is 0 Å². The van der Waals surface area contributed by atoms with Crippen LogP contribution in [-0.2, 0) is 24.2 Å². The molecule has 3 rings (SSSR count). The van der Waals surface area contributed by atoms with E-state index >= 15 is 0 Å². The number of carbonyl (C=O) groups is 1. The number of aryl methyl sites for hydroxylation is 3. The van der Waals surface area contributed by atoms with Crippen molar-refractivity contribution >= 4 is 22.5 Å². The van der Waals surface area contributed by atoms with Crippen LogP contribution in [-0.4, -0.2) is 10.5 Å². The van der Waals surface area contributed by atoms with Crippen molar-refractivity contribution in [1.82, 2.24) is 4.57 Å². The van der Waals surface area contributed by atoms with Gasteiger partial charge in [-0.15, -0.1) is 0 Å². The molecule has 134 valence electrons. The molecule has 1 amide bonds. The number of nitrogens with one attached hydrogen (secondary N) is 1. The van der Waals surface area contributed by atoms with Gasteiger partial charge in [-0.1, -0.05) is 50.2 Å². The van der Waals surface area contributed by atoms with Gasteiger partial charge < -0.3 is 5.32 Å². The fraction of sp³-hybridized carbons (Fsp3) is 0.273. The zero-order valence-electron chi connectivity index (χ0n) is 15.5. The summed E-state index contributed by atoms with van der Waals surface area (Å²) in [6.45, 7) is 6.06. The largest absolute Gasteiger partial charge is 0.324 e. The van der Waals surface area contributed by atoms with E-state index in [2.05, 4.69) is 19.2 Å². The Hall–Kier alpha value is -2.88. The van der Waals surface area contributed by atoms with Gasteiger partial charge in [0.05, 0.1) is 5.52 Å². The van der Waals surface area contributed by atoms with Gasteiger partial charge in [0.1, 0.15) is 6.54 Å². The van der Waals surface area contributed by atoms with E-state index in [1.807, 2.05) is 49.4 Å². The topological polar surface area (TPSA) is 51.1 Å². The first kappa shape index (κ1) is 17.9. The monoisotopic (exact) mass is 348 g/mol. The smallest absolute Gasteiger partial charge is 0.251 e. The standard InChI is InChI=1S/C22H24N2O2/c1-4-16-9-8-10-17(5-2)22(16)23-20(25)14-24-19-12-7-6-11-18(19)15(3)13-21(24)26/h6-13H,4-5,14H2,1-3H3,(H,23,25). The quantitative estimate of drug-likeness (QED) is 0.755. The highest BCUT2D eigenvalue weighted by molar-refractivity contribution is 5.93. The Kier molecular flexibility index (Phi) is 5.21. The molecule has 0 fully saturated rings. The van der Waals surface area contributed by atoms with Crippen LogP contribution in [0.2, 0.25) is 0 Å². The number of carbonyl (C=O) groups excluding carboxylic acids is 1. The van der Waals surface area contributed by atoms with Crippen molar-refractivity contribution < 1.29 is 4.79 Å². The van der Waals surface area contributed by atoms with Crippen LogP contribution >= 0.6 is 0 Å². The lowest BCUT2D eigenvalue weighted by Crippen LogP contribution is -2.28. The van der Waals surface area contributed by atoms with E-state index < -0.39 is 0 Å². The van der Waals surface area contributed by atoms with Crippen molar-refractivity contribution in [3.63, 3.8) is 0 Å². The SMILES string of the molecule is CCc1cccc(CC)c1NC(=O)Cn1c(=O)cc(C)c2ccccc21. The molecule has 0 aliphatic carbocycles. The van der Waals surface area contributed by atoms with Crippen LogP contribution in [0.25, 0.3) is 10.9 Å². The summed E-state index contributed by atoms with van der Waals surface area (Å²) in [6.07, 6.45) is 1.69. The van der Waals surface area contributed by atoms with Crippen molar-refractivity contribution in [3.8, 4) is 0 Å². The van der Waals surface area contributed by atoms with Gasteiger partial charge in [-0.3, -0.25) is 14.2 Å². The Balaban J connectivity index is 1.96. The molecular formula is C22H24N2O2. The highest BCUT2D eigenvalue weighted by atomic mass is 16.2. The minimum atomic E-state index is -0.184. The first-order valence-electron chi connectivity index (χ1n) is 9.05. The van der Waals surface area contributed by atoms with Crippen LogP contribution < -0.4 is 10.9 Å². The van der Waals surface area contributed by atoms with E-state index in [0.29, 0.717) is 0 Å². The molecule has 0 unspecified atom stereocenters. The van der Waals surface area contributed by atoms with E-state index in [-0.39, 0.29) is 18.0 Å². The van der Waals surface area contributed by atoms with Crippen LogP contribution in [0.15, 0.2) is 53.3 Å². The van der Waals surface area contributed by atoms with Gasteiger partial charge in [0.25, 0.3) is 5.56 Å². The molecule has 1 heterocycles. The molecule has 26 heavy (non-hydrogen) atoms. The van der Waals surface area contributed by atoms with Crippen molar-refractivity contribution in [2.24, 2.45) is 0 Å².